The summed E-state index contributed by atoms with van der Waals surface area (Å²) in [5.74, 6) is 0.923. The number of fused-ring (bicyclic) bond motifs is 1. The predicted octanol–water partition coefficient (Wildman–Crippen LogP) is 4.66. The van der Waals surface area contributed by atoms with E-state index in [4.69, 9.17) is 10.5 Å². The van der Waals surface area contributed by atoms with E-state index in [9.17, 15) is 4.79 Å². The molecule has 0 radical (unpaired) electrons. The maximum absolute atomic E-state index is 12.0. The van der Waals surface area contributed by atoms with E-state index in [0.717, 1.165) is 34.4 Å². The lowest BCUT2D eigenvalue weighted by Gasteiger charge is -2.04. The van der Waals surface area contributed by atoms with Gasteiger partial charge in [0.1, 0.15) is 21.3 Å². The molecule has 6 heteroatoms. The van der Waals surface area contributed by atoms with Gasteiger partial charge in [0.25, 0.3) is 0 Å². The summed E-state index contributed by atoms with van der Waals surface area (Å²) in [5, 5.41) is 0.787. The van der Waals surface area contributed by atoms with Crippen LogP contribution < -0.4 is 5.73 Å². The molecule has 0 atom stereocenters. The van der Waals surface area contributed by atoms with Crippen LogP contribution in [-0.4, -0.2) is 22.5 Å². The Hall–Kier alpha value is -1.69. The van der Waals surface area contributed by atoms with Gasteiger partial charge in [0.05, 0.1) is 12.0 Å². The standard InChI is InChI=1S/C18H27N3O2S/c1-4-6-7-8-9-10-11-13-20-16(19)14-12(3)15(18(22)23-5-2)24-17(14)21-13/h4-11H2,1-3H3,(H2,19,20,21). The molecule has 0 aromatic carbocycles. The zero-order valence-electron chi connectivity index (χ0n) is 14.9. The second-order valence-corrected chi connectivity index (χ2v) is 7.00. The lowest BCUT2D eigenvalue weighted by molar-refractivity contribution is 0.0531. The van der Waals surface area contributed by atoms with Crippen molar-refractivity contribution in [1.29, 1.82) is 0 Å². The van der Waals surface area contributed by atoms with Gasteiger partial charge in [0, 0.05) is 6.42 Å². The van der Waals surface area contributed by atoms with Crippen molar-refractivity contribution in [1.82, 2.24) is 9.97 Å². The van der Waals surface area contributed by atoms with Crippen LogP contribution in [0.3, 0.4) is 0 Å². The molecule has 5 nitrogen and oxygen atoms in total. The average Bonchev–Trinajstić information content (AvgIpc) is 2.88. The molecule has 0 saturated heterocycles. The van der Waals surface area contributed by atoms with Gasteiger partial charge in [-0.25, -0.2) is 14.8 Å². The molecule has 24 heavy (non-hydrogen) atoms. The van der Waals surface area contributed by atoms with E-state index in [1.165, 1.54) is 43.4 Å². The summed E-state index contributed by atoms with van der Waals surface area (Å²) >= 11 is 1.34. The molecule has 0 aliphatic rings. The molecule has 0 bridgehead atoms. The molecular formula is C18H27N3O2S. The van der Waals surface area contributed by atoms with Crippen LogP contribution in [0.25, 0.3) is 10.2 Å². The summed E-state index contributed by atoms with van der Waals surface area (Å²) < 4.78 is 5.10. The quantitative estimate of drug-likeness (QED) is 0.526. The smallest absolute Gasteiger partial charge is 0.348 e. The Bertz CT molecular complexity index is 697. The van der Waals surface area contributed by atoms with E-state index in [1.807, 2.05) is 6.92 Å². The maximum Gasteiger partial charge on any atom is 0.348 e. The van der Waals surface area contributed by atoms with Crippen molar-refractivity contribution < 1.29 is 9.53 Å². The van der Waals surface area contributed by atoms with Crippen LogP contribution in [0.1, 0.15) is 73.4 Å². The zero-order valence-corrected chi connectivity index (χ0v) is 15.7. The summed E-state index contributed by atoms with van der Waals surface area (Å²) in [7, 11) is 0. The second kappa shape index (κ2) is 8.97. The van der Waals surface area contributed by atoms with Crippen molar-refractivity contribution >= 4 is 33.3 Å². The van der Waals surface area contributed by atoms with Crippen molar-refractivity contribution in [3.8, 4) is 0 Å². The van der Waals surface area contributed by atoms with Gasteiger partial charge < -0.3 is 10.5 Å². The van der Waals surface area contributed by atoms with Gasteiger partial charge in [-0.2, -0.15) is 0 Å². The highest BCUT2D eigenvalue weighted by atomic mass is 32.1. The molecule has 2 heterocycles. The first-order chi connectivity index (χ1) is 11.6. The minimum atomic E-state index is -0.310. The number of rotatable bonds is 9. The molecule has 0 spiro atoms. The Kier molecular flexibility index (Phi) is 6.97. The number of aromatic nitrogens is 2. The fraction of sp³-hybridized carbons (Fsp3) is 0.611. The van der Waals surface area contributed by atoms with Crippen LogP contribution in [-0.2, 0) is 11.2 Å². The second-order valence-electron chi connectivity index (χ2n) is 6.00. The lowest BCUT2D eigenvalue weighted by Crippen LogP contribution is -2.04. The number of nitrogens with zero attached hydrogens (tertiary/aromatic N) is 2. The number of nitrogens with two attached hydrogens (primary N) is 1. The van der Waals surface area contributed by atoms with E-state index in [2.05, 4.69) is 16.9 Å². The Balaban J connectivity index is 2.10. The van der Waals surface area contributed by atoms with E-state index in [1.54, 1.807) is 6.92 Å². The monoisotopic (exact) mass is 349 g/mol. The van der Waals surface area contributed by atoms with Crippen LogP contribution in [0.4, 0.5) is 5.82 Å². The third kappa shape index (κ3) is 4.44. The van der Waals surface area contributed by atoms with Crippen molar-refractivity contribution in [2.45, 2.75) is 65.7 Å². The van der Waals surface area contributed by atoms with Crippen LogP contribution >= 0.6 is 11.3 Å². The molecule has 2 N–H and O–H groups in total. The molecule has 0 aliphatic heterocycles. The Labute approximate surface area is 147 Å². The molecule has 2 rings (SSSR count). The Morgan fingerprint density at radius 3 is 2.54 bits per heavy atom. The predicted molar refractivity (Wildman–Crippen MR) is 99.6 cm³/mol. The van der Waals surface area contributed by atoms with Crippen LogP contribution in [0.5, 0.6) is 0 Å². The first kappa shape index (κ1) is 18.6. The molecule has 132 valence electrons. The minimum absolute atomic E-state index is 0.310. The lowest BCUT2D eigenvalue weighted by atomic mass is 10.1. The molecule has 0 unspecified atom stereocenters. The van der Waals surface area contributed by atoms with Crippen molar-refractivity contribution in [3.63, 3.8) is 0 Å². The third-order valence-corrected chi connectivity index (χ3v) is 5.24. The number of ether oxygens (including phenoxy) is 1. The van der Waals surface area contributed by atoms with E-state index in [-0.39, 0.29) is 5.97 Å². The van der Waals surface area contributed by atoms with Gasteiger partial charge in [-0.15, -0.1) is 11.3 Å². The van der Waals surface area contributed by atoms with Crippen molar-refractivity contribution in [2.24, 2.45) is 0 Å². The highest BCUT2D eigenvalue weighted by Crippen LogP contribution is 2.33. The fourth-order valence-corrected chi connectivity index (χ4v) is 3.88. The number of unbranched alkanes of at least 4 members (excludes halogenated alkanes) is 5. The molecule has 0 saturated carbocycles. The SMILES string of the molecule is CCCCCCCCc1nc(N)c2c(C)c(C(=O)OCC)sc2n1. The number of hydrogen-bond donors (Lipinski definition) is 1. The molecule has 0 fully saturated rings. The van der Waals surface area contributed by atoms with Gasteiger partial charge >= 0.3 is 5.97 Å². The largest absolute Gasteiger partial charge is 0.462 e. The molecule has 2 aromatic rings. The minimum Gasteiger partial charge on any atom is -0.462 e. The number of carbonyl (C=O) groups excluding carboxylic acids is 1. The topological polar surface area (TPSA) is 78.1 Å². The number of carbonyl (C=O) groups is 1. The van der Waals surface area contributed by atoms with Gasteiger partial charge in [-0.1, -0.05) is 39.0 Å². The van der Waals surface area contributed by atoms with Crippen LogP contribution in [0, 0.1) is 6.92 Å². The zero-order chi connectivity index (χ0) is 17.5. The summed E-state index contributed by atoms with van der Waals surface area (Å²) in [6, 6.07) is 0. The summed E-state index contributed by atoms with van der Waals surface area (Å²) in [4.78, 5) is 22.4. The van der Waals surface area contributed by atoms with Gasteiger partial charge in [0.2, 0.25) is 0 Å². The van der Waals surface area contributed by atoms with Crippen molar-refractivity contribution in [2.75, 3.05) is 12.3 Å². The molecule has 0 aliphatic carbocycles. The Morgan fingerprint density at radius 1 is 1.12 bits per heavy atom. The first-order valence-corrected chi connectivity index (χ1v) is 9.62. The van der Waals surface area contributed by atoms with Gasteiger partial charge in [-0.05, 0) is 25.8 Å². The van der Waals surface area contributed by atoms with Crippen LogP contribution in [0.15, 0.2) is 0 Å². The number of thiophene rings is 1. The average molecular weight is 350 g/mol. The number of nitrogen functional groups attached to an aromatic ring is 1. The summed E-state index contributed by atoms with van der Waals surface area (Å²) in [6.45, 7) is 6.25. The number of hydrogen-bond acceptors (Lipinski definition) is 6. The van der Waals surface area contributed by atoms with Gasteiger partial charge in [0.15, 0.2) is 0 Å². The summed E-state index contributed by atoms with van der Waals surface area (Å²) in [5.41, 5.74) is 6.94. The Morgan fingerprint density at radius 2 is 1.83 bits per heavy atom. The number of esters is 1. The van der Waals surface area contributed by atoms with Crippen LogP contribution in [0.2, 0.25) is 0 Å². The highest BCUT2D eigenvalue weighted by Gasteiger charge is 2.20. The number of anilines is 1. The van der Waals surface area contributed by atoms with Gasteiger partial charge in [-0.3, -0.25) is 0 Å². The van der Waals surface area contributed by atoms with E-state index < -0.39 is 0 Å². The third-order valence-electron chi connectivity index (χ3n) is 4.08. The maximum atomic E-state index is 12.0. The van der Waals surface area contributed by atoms with E-state index >= 15 is 0 Å². The van der Waals surface area contributed by atoms with Crippen molar-refractivity contribution in [3.05, 3.63) is 16.3 Å². The fourth-order valence-electron chi connectivity index (χ4n) is 2.78. The molecule has 2 aromatic heterocycles. The summed E-state index contributed by atoms with van der Waals surface area (Å²) in [6.07, 6.45) is 8.22. The number of aryl methyl sites for hydroxylation is 2. The normalized spacial score (nSPS) is 11.1. The highest BCUT2D eigenvalue weighted by molar-refractivity contribution is 7.20. The first-order valence-electron chi connectivity index (χ1n) is 8.81. The van der Waals surface area contributed by atoms with E-state index in [0.29, 0.717) is 17.3 Å². The molecular weight excluding hydrogens is 322 g/mol. The molecule has 0 amide bonds.